The van der Waals surface area contributed by atoms with Gasteiger partial charge in [0.1, 0.15) is 11.5 Å². The van der Waals surface area contributed by atoms with Crippen LogP contribution in [0, 0.1) is 17.8 Å². The maximum absolute atomic E-state index is 14.6. The van der Waals surface area contributed by atoms with Crippen LogP contribution in [-0.4, -0.2) is 16.1 Å². The van der Waals surface area contributed by atoms with E-state index in [9.17, 15) is 22.0 Å². The lowest BCUT2D eigenvalue weighted by atomic mass is 9.79. The van der Waals surface area contributed by atoms with Gasteiger partial charge in [-0.15, -0.1) is 0 Å². The molecule has 176 valence electrons. The van der Waals surface area contributed by atoms with Crippen molar-refractivity contribution in [2.24, 2.45) is 11.8 Å². The molecule has 0 amide bonds. The van der Waals surface area contributed by atoms with Crippen molar-refractivity contribution in [1.82, 2.24) is 9.97 Å². The molecule has 0 spiro atoms. The van der Waals surface area contributed by atoms with E-state index in [1.54, 1.807) is 0 Å². The largest absolute Gasteiger partial charge is 0.444 e. The smallest absolute Gasteiger partial charge is 0.431 e. The number of ether oxygens (including phenoxy) is 2. The van der Waals surface area contributed by atoms with Gasteiger partial charge >= 0.3 is 12.2 Å². The fourth-order valence-corrected chi connectivity index (χ4v) is 3.95. The van der Waals surface area contributed by atoms with Gasteiger partial charge in [0.25, 0.3) is 0 Å². The number of halogens is 5. The van der Waals surface area contributed by atoms with Crippen LogP contribution in [0.15, 0.2) is 36.7 Å². The van der Waals surface area contributed by atoms with Crippen LogP contribution in [-0.2, 0) is 6.11 Å². The topological polar surface area (TPSA) is 44.2 Å². The highest BCUT2D eigenvalue weighted by atomic mass is 19.3. The van der Waals surface area contributed by atoms with Crippen molar-refractivity contribution < 1.29 is 31.4 Å². The molecule has 2 aromatic rings. The molecule has 2 heterocycles. The molecule has 0 saturated heterocycles. The summed E-state index contributed by atoms with van der Waals surface area (Å²) in [6.45, 7) is 2.13. The molecule has 1 saturated carbocycles. The number of alkyl halides is 4. The first-order valence-electron chi connectivity index (χ1n) is 10.9. The average Bonchev–Trinajstić information content (AvgIpc) is 2.76. The molecule has 1 aliphatic rings. The molecular weight excluding hydrogens is 431 g/mol. The Labute approximate surface area is 184 Å². The minimum atomic E-state index is -3.86. The Bertz CT molecular complexity index is 838. The number of unbranched alkanes of at least 4 members (excludes halogenated alkanes) is 2. The van der Waals surface area contributed by atoms with Crippen molar-refractivity contribution in [2.45, 2.75) is 70.5 Å². The normalized spacial score (nSPS) is 19.6. The SMILES string of the molecule is CCCCCC1CCC(C(F)(F)Oc2ccc(C(F)(F)Oc3ccc(F)nc3)nc2)CC1. The van der Waals surface area contributed by atoms with E-state index in [0.717, 1.165) is 75.2 Å². The summed E-state index contributed by atoms with van der Waals surface area (Å²) in [6, 6.07) is 3.73. The van der Waals surface area contributed by atoms with E-state index < -0.39 is 29.8 Å². The molecule has 3 rings (SSSR count). The third-order valence-corrected chi connectivity index (χ3v) is 5.77. The standard InChI is InChI=1S/C23H27F5N2O2/c1-2-3-4-5-16-6-8-17(9-7-16)22(25,26)31-18-10-12-20(29-14-18)23(27,28)32-19-11-13-21(24)30-15-19/h10-17H,2-9H2,1H3. The monoisotopic (exact) mass is 458 g/mol. The van der Waals surface area contributed by atoms with Crippen LogP contribution in [0.3, 0.4) is 0 Å². The van der Waals surface area contributed by atoms with E-state index in [1.807, 2.05) is 0 Å². The predicted octanol–water partition coefficient (Wildman–Crippen LogP) is 7.10. The van der Waals surface area contributed by atoms with Crippen molar-refractivity contribution in [3.8, 4) is 11.5 Å². The van der Waals surface area contributed by atoms with Crippen molar-refractivity contribution in [2.75, 3.05) is 0 Å². The number of rotatable bonds is 10. The zero-order chi connectivity index (χ0) is 23.2. The maximum atomic E-state index is 14.6. The van der Waals surface area contributed by atoms with Crippen LogP contribution in [0.25, 0.3) is 0 Å². The van der Waals surface area contributed by atoms with E-state index >= 15 is 0 Å². The van der Waals surface area contributed by atoms with Crippen molar-refractivity contribution >= 4 is 0 Å². The Morgan fingerprint density at radius 2 is 1.53 bits per heavy atom. The molecule has 0 aromatic carbocycles. The third kappa shape index (κ3) is 6.53. The summed E-state index contributed by atoms with van der Waals surface area (Å²) in [5, 5.41) is 0. The average molecular weight is 458 g/mol. The predicted molar refractivity (Wildman–Crippen MR) is 108 cm³/mol. The summed E-state index contributed by atoms with van der Waals surface area (Å²) >= 11 is 0. The second-order valence-corrected chi connectivity index (χ2v) is 8.19. The van der Waals surface area contributed by atoms with Gasteiger partial charge in [0, 0.05) is 0 Å². The Hall–Kier alpha value is -2.45. The Balaban J connectivity index is 1.55. The van der Waals surface area contributed by atoms with Gasteiger partial charge in [0.05, 0.1) is 18.3 Å². The number of pyridine rings is 2. The van der Waals surface area contributed by atoms with E-state index in [2.05, 4.69) is 21.6 Å². The molecule has 1 fully saturated rings. The summed E-state index contributed by atoms with van der Waals surface area (Å²) in [5.74, 6) is -1.95. The lowest BCUT2D eigenvalue weighted by molar-refractivity contribution is -0.223. The molecule has 0 aliphatic heterocycles. The summed E-state index contributed by atoms with van der Waals surface area (Å²) in [7, 11) is 0. The van der Waals surface area contributed by atoms with Crippen molar-refractivity contribution in [3.63, 3.8) is 0 Å². The zero-order valence-electron chi connectivity index (χ0n) is 17.9. The van der Waals surface area contributed by atoms with E-state index in [0.29, 0.717) is 18.8 Å². The molecule has 2 aromatic heterocycles. The number of hydrogen-bond acceptors (Lipinski definition) is 4. The first kappa shape index (κ1) is 24.2. The molecule has 0 atom stereocenters. The molecular formula is C23H27F5N2O2. The van der Waals surface area contributed by atoms with Crippen LogP contribution >= 0.6 is 0 Å². The van der Waals surface area contributed by atoms with Crippen molar-refractivity contribution in [1.29, 1.82) is 0 Å². The Morgan fingerprint density at radius 3 is 2.12 bits per heavy atom. The van der Waals surface area contributed by atoms with E-state index in [4.69, 9.17) is 4.74 Å². The first-order valence-corrected chi connectivity index (χ1v) is 10.9. The highest BCUT2D eigenvalue weighted by molar-refractivity contribution is 5.23. The Kier molecular flexibility index (Phi) is 7.90. The van der Waals surface area contributed by atoms with Gasteiger partial charge in [0.15, 0.2) is 5.69 Å². The number of nitrogens with zero attached hydrogens (tertiary/aromatic N) is 2. The summed E-state index contributed by atoms with van der Waals surface area (Å²) in [4.78, 5) is 6.75. The fourth-order valence-electron chi connectivity index (χ4n) is 3.95. The molecule has 4 nitrogen and oxygen atoms in total. The number of hydrogen-bond donors (Lipinski definition) is 0. The molecule has 0 radical (unpaired) electrons. The minimum absolute atomic E-state index is 0.303. The van der Waals surface area contributed by atoms with Gasteiger partial charge in [-0.2, -0.15) is 22.0 Å². The number of aromatic nitrogens is 2. The Morgan fingerprint density at radius 1 is 0.875 bits per heavy atom. The quantitative estimate of drug-likeness (QED) is 0.216. The fraction of sp³-hybridized carbons (Fsp3) is 0.565. The van der Waals surface area contributed by atoms with Crippen molar-refractivity contribution in [3.05, 3.63) is 48.3 Å². The van der Waals surface area contributed by atoms with Crippen LogP contribution < -0.4 is 9.47 Å². The van der Waals surface area contributed by atoms with E-state index in [-0.39, 0.29) is 11.5 Å². The van der Waals surface area contributed by atoms with Gasteiger partial charge in [-0.05, 0) is 55.9 Å². The highest BCUT2D eigenvalue weighted by Crippen LogP contribution is 2.41. The highest BCUT2D eigenvalue weighted by Gasteiger charge is 2.44. The van der Waals surface area contributed by atoms with Crippen LogP contribution in [0.4, 0.5) is 22.0 Å². The third-order valence-electron chi connectivity index (χ3n) is 5.77. The summed E-state index contributed by atoms with van der Waals surface area (Å²) < 4.78 is 79.9. The van der Waals surface area contributed by atoms with E-state index in [1.165, 1.54) is 0 Å². The maximum Gasteiger partial charge on any atom is 0.444 e. The first-order chi connectivity index (χ1) is 15.2. The lowest BCUT2D eigenvalue weighted by Crippen LogP contribution is -2.37. The van der Waals surface area contributed by atoms with Gasteiger partial charge in [-0.3, -0.25) is 0 Å². The van der Waals surface area contributed by atoms with Crippen LogP contribution in [0.5, 0.6) is 11.5 Å². The van der Waals surface area contributed by atoms with Gasteiger partial charge < -0.3 is 9.47 Å². The van der Waals surface area contributed by atoms with Crippen LogP contribution in [0.1, 0.15) is 64.0 Å². The molecule has 9 heteroatoms. The zero-order valence-corrected chi connectivity index (χ0v) is 17.9. The van der Waals surface area contributed by atoms with Gasteiger partial charge in [0.2, 0.25) is 5.95 Å². The molecule has 1 aliphatic carbocycles. The summed E-state index contributed by atoms with van der Waals surface area (Å²) in [5.41, 5.74) is -0.801. The van der Waals surface area contributed by atoms with Gasteiger partial charge in [-0.25, -0.2) is 9.97 Å². The molecule has 0 unspecified atom stereocenters. The lowest BCUT2D eigenvalue weighted by Gasteiger charge is -2.33. The van der Waals surface area contributed by atoms with Gasteiger partial charge in [-0.1, -0.05) is 32.6 Å². The van der Waals surface area contributed by atoms with Crippen LogP contribution in [0.2, 0.25) is 0 Å². The minimum Gasteiger partial charge on any atom is -0.431 e. The molecule has 32 heavy (non-hydrogen) atoms. The second kappa shape index (κ2) is 10.4. The molecule has 0 bridgehead atoms. The molecule has 0 N–H and O–H groups in total. The summed E-state index contributed by atoms with van der Waals surface area (Å²) in [6.07, 6.45) is 1.07. The second-order valence-electron chi connectivity index (χ2n) is 8.19.